The molecule has 61 heavy (non-hydrogen) atoms. The van der Waals surface area contributed by atoms with Crippen LogP contribution in [0.1, 0.15) is 149 Å². The van der Waals surface area contributed by atoms with Gasteiger partial charge in [-0.3, -0.25) is 0 Å². The molecule has 2 unspecified atom stereocenters. The molecule has 0 radical (unpaired) electrons. The third-order valence-corrected chi connectivity index (χ3v) is 19.4. The Morgan fingerprint density at radius 3 is 0.770 bits per heavy atom. The summed E-state index contributed by atoms with van der Waals surface area (Å²) in [7, 11) is -1.78. The lowest BCUT2D eigenvalue weighted by molar-refractivity contribution is 0.270. The van der Waals surface area contributed by atoms with Gasteiger partial charge in [0.05, 0.1) is 0 Å². The van der Waals surface area contributed by atoms with Gasteiger partial charge in [0.2, 0.25) is 0 Å². The van der Waals surface area contributed by atoms with Gasteiger partial charge in [0.25, 0.3) is 0 Å². The fraction of sp³-hybridized carbons (Fsp3) is 0.390. The Hall–Kier alpha value is -3.82. The van der Waals surface area contributed by atoms with Crippen LogP contribution >= 0.6 is 15.8 Å². The van der Waals surface area contributed by atoms with Crippen LogP contribution in [-0.4, -0.2) is 0 Å². The number of benzene rings is 6. The normalized spacial score (nSPS) is 13.7. The smallest absolute Gasteiger partial charge is 0.0185 e. The molecule has 6 rings (SSSR count). The van der Waals surface area contributed by atoms with Gasteiger partial charge in [0.15, 0.2) is 0 Å². The van der Waals surface area contributed by atoms with Gasteiger partial charge >= 0.3 is 0 Å². The Kier molecular flexibility index (Phi) is 16.8. The van der Waals surface area contributed by atoms with E-state index >= 15 is 0 Å². The standard InChI is InChI=1S/C59H74P2/c1-11-30-59(10,57(51-26-22-20-23-27-51)60(53-35-43(12-2)31-44(13-3)36-53)54-37-45(14-4)32-46(15-5)38-54)58(52-28-24-21-25-29-52)61(55-39-47(16-6)33-48(17-7)40-55)56-41-49(18-8)34-50(19-9)42-56/h20-29,31-42,57-58H,11-19,30H2,1-10H3. The summed E-state index contributed by atoms with van der Waals surface area (Å²) in [5, 5.41) is 6.15. The summed E-state index contributed by atoms with van der Waals surface area (Å²) in [5.41, 5.74) is 15.0. The molecule has 0 amide bonds. The fourth-order valence-electron chi connectivity index (χ4n) is 9.94. The van der Waals surface area contributed by atoms with Crippen molar-refractivity contribution >= 4 is 37.1 Å². The second-order valence-corrected chi connectivity index (χ2v) is 22.1. The number of aryl methyl sites for hydroxylation is 8. The maximum atomic E-state index is 2.75. The van der Waals surface area contributed by atoms with Crippen molar-refractivity contribution in [2.24, 2.45) is 5.41 Å². The van der Waals surface area contributed by atoms with E-state index in [1.807, 2.05) is 0 Å². The van der Waals surface area contributed by atoms with Crippen molar-refractivity contribution in [1.82, 2.24) is 0 Å². The van der Waals surface area contributed by atoms with Crippen LogP contribution in [0.2, 0.25) is 0 Å². The van der Waals surface area contributed by atoms with Crippen LogP contribution in [0.25, 0.3) is 0 Å². The van der Waals surface area contributed by atoms with E-state index in [2.05, 4.69) is 203 Å². The zero-order chi connectivity index (χ0) is 43.5. The molecule has 2 heteroatoms. The molecule has 6 aromatic carbocycles. The van der Waals surface area contributed by atoms with E-state index in [0.29, 0.717) is 0 Å². The summed E-state index contributed by atoms with van der Waals surface area (Å²) in [4.78, 5) is 0. The van der Waals surface area contributed by atoms with Crippen molar-refractivity contribution < 1.29 is 0 Å². The highest BCUT2D eigenvalue weighted by Gasteiger charge is 2.50. The monoisotopic (exact) mass is 845 g/mol. The van der Waals surface area contributed by atoms with Gasteiger partial charge in [-0.25, -0.2) is 0 Å². The van der Waals surface area contributed by atoms with Gasteiger partial charge in [0, 0.05) is 11.3 Å². The number of hydrogen-bond acceptors (Lipinski definition) is 0. The van der Waals surface area contributed by atoms with Gasteiger partial charge in [-0.05, 0) is 156 Å². The molecule has 320 valence electrons. The summed E-state index contributed by atoms with van der Waals surface area (Å²) in [6, 6.07) is 54.6. The lowest BCUT2D eigenvalue weighted by Gasteiger charge is -2.51. The van der Waals surface area contributed by atoms with Gasteiger partial charge in [-0.15, -0.1) is 0 Å². The molecule has 0 saturated heterocycles. The van der Waals surface area contributed by atoms with Crippen LogP contribution in [-0.2, 0) is 51.4 Å². The maximum absolute atomic E-state index is 2.75. The van der Waals surface area contributed by atoms with Crippen LogP contribution in [0.3, 0.4) is 0 Å². The first-order chi connectivity index (χ1) is 29.7. The molecule has 0 fully saturated rings. The van der Waals surface area contributed by atoms with Crippen molar-refractivity contribution in [2.45, 2.75) is 145 Å². The molecule has 0 aliphatic heterocycles. The van der Waals surface area contributed by atoms with Crippen molar-refractivity contribution in [2.75, 3.05) is 0 Å². The van der Waals surface area contributed by atoms with E-state index in [4.69, 9.17) is 0 Å². The van der Waals surface area contributed by atoms with E-state index in [1.165, 1.54) is 76.9 Å². The summed E-state index contributed by atoms with van der Waals surface area (Å²) in [6.07, 6.45) is 10.6. The van der Waals surface area contributed by atoms with E-state index < -0.39 is 15.8 Å². The van der Waals surface area contributed by atoms with Crippen LogP contribution in [0.4, 0.5) is 0 Å². The minimum atomic E-state index is -0.890. The van der Waals surface area contributed by atoms with E-state index in [0.717, 1.165) is 64.2 Å². The highest BCUT2D eigenvalue weighted by atomic mass is 31.1. The SMILES string of the molecule is CCCC(C)(C(c1ccccc1)P(c1cc(CC)cc(CC)c1)c1cc(CC)cc(CC)c1)C(c1ccccc1)P(c1cc(CC)cc(CC)c1)c1cc(CC)cc(CC)c1. The van der Waals surface area contributed by atoms with Crippen molar-refractivity contribution in [1.29, 1.82) is 0 Å². The molecular weight excluding hydrogens is 771 g/mol. The molecule has 2 atom stereocenters. The predicted octanol–water partition coefficient (Wildman–Crippen LogP) is 15.0. The molecule has 0 nitrogen and oxygen atoms in total. The van der Waals surface area contributed by atoms with Crippen molar-refractivity contribution in [3.8, 4) is 0 Å². The molecular formula is C59H74P2. The summed E-state index contributed by atoms with van der Waals surface area (Å²) < 4.78 is 0. The van der Waals surface area contributed by atoms with Gasteiger partial charge in [-0.2, -0.15) is 0 Å². The minimum Gasteiger partial charge on any atom is -0.0654 e. The van der Waals surface area contributed by atoms with Crippen molar-refractivity contribution in [3.63, 3.8) is 0 Å². The van der Waals surface area contributed by atoms with E-state index in [-0.39, 0.29) is 16.7 Å². The molecule has 0 spiro atoms. The Morgan fingerprint density at radius 1 is 0.344 bits per heavy atom. The summed E-state index contributed by atoms with van der Waals surface area (Å²) in [5.74, 6) is 0. The first-order valence-electron chi connectivity index (χ1n) is 23.9. The first-order valence-corrected chi connectivity index (χ1v) is 26.7. The highest BCUT2D eigenvalue weighted by molar-refractivity contribution is 7.74. The molecule has 6 aromatic rings. The average Bonchev–Trinajstić information content (AvgIpc) is 3.31. The fourth-order valence-corrected chi connectivity index (χ4v) is 17.0. The quantitative estimate of drug-likeness (QED) is 0.0672. The molecule has 0 bridgehead atoms. The topological polar surface area (TPSA) is 0 Å². The Bertz CT molecular complexity index is 1950. The largest absolute Gasteiger partial charge is 0.0654 e. The molecule has 0 heterocycles. The zero-order valence-electron chi connectivity index (χ0n) is 39.3. The third kappa shape index (κ3) is 10.7. The lowest BCUT2D eigenvalue weighted by Crippen LogP contribution is -2.38. The summed E-state index contributed by atoms with van der Waals surface area (Å²) >= 11 is 0. The molecule has 0 aromatic heterocycles. The van der Waals surface area contributed by atoms with Crippen molar-refractivity contribution in [3.05, 3.63) is 189 Å². The Morgan fingerprint density at radius 2 is 0.574 bits per heavy atom. The Labute approximate surface area is 374 Å². The molecule has 0 saturated carbocycles. The van der Waals surface area contributed by atoms with Crippen LogP contribution in [0.15, 0.2) is 133 Å². The molecule has 0 aliphatic carbocycles. The molecule has 0 N–H and O–H groups in total. The minimum absolute atomic E-state index is 0.152. The molecule has 0 aliphatic rings. The second-order valence-electron chi connectivity index (χ2n) is 17.5. The van der Waals surface area contributed by atoms with E-state index in [9.17, 15) is 0 Å². The van der Waals surface area contributed by atoms with Gasteiger partial charge < -0.3 is 0 Å². The van der Waals surface area contributed by atoms with Gasteiger partial charge in [0.1, 0.15) is 0 Å². The first kappa shape index (κ1) is 46.7. The second kappa shape index (κ2) is 22.0. The van der Waals surface area contributed by atoms with Crippen LogP contribution in [0, 0.1) is 5.41 Å². The summed E-state index contributed by atoms with van der Waals surface area (Å²) in [6.45, 7) is 23.9. The predicted molar refractivity (Wildman–Crippen MR) is 275 cm³/mol. The maximum Gasteiger partial charge on any atom is 0.0185 e. The average molecular weight is 845 g/mol. The highest BCUT2D eigenvalue weighted by Crippen LogP contribution is 2.70. The zero-order valence-corrected chi connectivity index (χ0v) is 41.1. The Balaban J connectivity index is 1.81. The van der Waals surface area contributed by atoms with Gasteiger partial charge in [-0.1, -0.05) is 209 Å². The number of rotatable bonds is 20. The third-order valence-electron chi connectivity index (χ3n) is 13.3. The van der Waals surface area contributed by atoms with Crippen LogP contribution < -0.4 is 21.2 Å². The van der Waals surface area contributed by atoms with Crippen LogP contribution in [0.5, 0.6) is 0 Å². The lowest BCUT2D eigenvalue weighted by atomic mass is 9.74. The van der Waals surface area contributed by atoms with E-state index in [1.54, 1.807) is 0 Å². The number of hydrogen-bond donors (Lipinski definition) is 0.